The zero-order chi connectivity index (χ0) is 0. The molecule has 0 aromatic carbocycles. The zero-order valence-corrected chi connectivity index (χ0v) is 13.0. The first-order chi connectivity index (χ1) is 0. The first-order valence-electron chi connectivity index (χ1n) is 0. The van der Waals surface area contributed by atoms with E-state index in [0.29, 0.717) is 0 Å². The largest absolute Gasteiger partial charge is 2.00 e. The summed E-state index contributed by atoms with van der Waals surface area (Å²) in [4.78, 5) is 0. The number of hydrogen-bond donors (Lipinski definition) is 0. The van der Waals surface area contributed by atoms with Crippen molar-refractivity contribution in [3.63, 3.8) is 0 Å². The predicted molar refractivity (Wildman–Crippen MR) is 17.3 cm³/mol. The minimum Gasteiger partial charge on any atom is -2.00 e. The Bertz CT molecular complexity index is 4.85. The fraction of sp³-hybridized carbons (Fsp3) is 0. The Morgan fingerprint density at radius 1 is 0.400 bits per heavy atom. The van der Waals surface area contributed by atoms with Gasteiger partial charge in [-0.25, -0.2) is 0 Å². The molecule has 0 amide bonds. The summed E-state index contributed by atoms with van der Waals surface area (Å²) in [6.07, 6.45) is 0. The molecule has 0 aliphatic heterocycles. The SMILES string of the molecule is [Pm].[Pm].[Se-2].[Se-2].[Se-2]. The summed E-state index contributed by atoms with van der Waals surface area (Å²) in [6, 6.07) is 0. The molecule has 5 heavy (non-hydrogen) atoms. The van der Waals surface area contributed by atoms with E-state index in [9.17, 15) is 0 Å². The monoisotopic (exact) mass is 530 g/mol. The van der Waals surface area contributed by atoms with Crippen molar-refractivity contribution in [2.24, 2.45) is 0 Å². The van der Waals surface area contributed by atoms with E-state index in [1.54, 1.807) is 0 Å². The van der Waals surface area contributed by atoms with Gasteiger partial charge in [-0.05, 0) is 0 Å². The number of hydrogen-bond acceptors (Lipinski definition) is 0. The van der Waals surface area contributed by atoms with Crippen molar-refractivity contribution in [1.82, 2.24) is 0 Å². The molecule has 0 aliphatic rings. The van der Waals surface area contributed by atoms with Crippen molar-refractivity contribution in [3.8, 4) is 0 Å². The first-order valence-corrected chi connectivity index (χ1v) is 0. The van der Waals surface area contributed by atoms with Gasteiger partial charge in [0.05, 0.1) is 0 Å². The van der Waals surface area contributed by atoms with Gasteiger partial charge < -0.3 is 51.2 Å². The van der Waals surface area contributed by atoms with Gasteiger partial charge in [0, 0.05) is 80.8 Å². The standard InChI is InChI=1S/2Pm.3Se/q;;3*-2. The van der Waals surface area contributed by atoms with Crippen LogP contribution in [-0.4, -0.2) is 51.2 Å². The first kappa shape index (κ1) is 34.9. The Kier molecular flexibility index (Phi) is 168. The fourth-order valence-electron chi connectivity index (χ4n) is 0. The molecule has 0 aromatic heterocycles. The molecule has 0 aliphatic carbocycles. The van der Waals surface area contributed by atoms with Crippen LogP contribution >= 0.6 is 0 Å². The quantitative estimate of drug-likeness (QED) is 0.350. The van der Waals surface area contributed by atoms with Crippen LogP contribution in [0, 0.1) is 80.8 Å². The van der Waals surface area contributed by atoms with Crippen LogP contribution in [0.2, 0.25) is 0 Å². The number of rotatable bonds is 0. The molecule has 0 N–H and O–H groups in total. The van der Waals surface area contributed by atoms with Gasteiger partial charge in [-0.2, -0.15) is 0 Å². The van der Waals surface area contributed by atoms with E-state index in [2.05, 4.69) is 0 Å². The Morgan fingerprint density at radius 3 is 0.400 bits per heavy atom. The maximum absolute atomic E-state index is 0. The molecule has 5 heteroatoms. The maximum atomic E-state index is 0. The molecule has 0 nitrogen and oxygen atoms in total. The molecule has 0 atom stereocenters. The molecule has 0 unspecified atom stereocenters. The van der Waals surface area contributed by atoms with Crippen LogP contribution in [0.25, 0.3) is 0 Å². The van der Waals surface area contributed by atoms with Gasteiger partial charge >= 0.3 is 0 Å². The average Bonchev–Trinajstić information content (AvgIpc) is 0. The third kappa shape index (κ3) is 17.9. The summed E-state index contributed by atoms with van der Waals surface area (Å²) in [5.74, 6) is 0. The van der Waals surface area contributed by atoms with E-state index in [0.717, 1.165) is 0 Å². The minimum atomic E-state index is 0. The Morgan fingerprint density at radius 2 is 0.400 bits per heavy atom. The third-order valence-corrected chi connectivity index (χ3v) is 0. The molecule has 0 aromatic rings. The van der Waals surface area contributed by atoms with Crippen LogP contribution in [0.3, 0.4) is 0 Å². The second-order valence-electron chi connectivity index (χ2n) is 0. The molecule has 0 bridgehead atoms. The van der Waals surface area contributed by atoms with E-state index in [-0.39, 0.29) is 132 Å². The Hall–Kier alpha value is 4.23. The molecule has 2 radical (unpaired) electrons. The second-order valence-corrected chi connectivity index (χ2v) is 0. The summed E-state index contributed by atoms with van der Waals surface area (Å²) >= 11 is 0. The van der Waals surface area contributed by atoms with Crippen LogP contribution in [0.15, 0.2) is 0 Å². The topological polar surface area (TPSA) is 0 Å². The molecule has 0 spiro atoms. The van der Waals surface area contributed by atoms with Crippen molar-refractivity contribution >= 4 is 51.2 Å². The molecule has 34 valence electrons. The van der Waals surface area contributed by atoms with Crippen molar-refractivity contribution in [2.75, 3.05) is 0 Å². The van der Waals surface area contributed by atoms with Crippen LogP contribution in [0.1, 0.15) is 0 Å². The van der Waals surface area contributed by atoms with E-state index in [1.165, 1.54) is 0 Å². The van der Waals surface area contributed by atoms with Crippen LogP contribution in [0.4, 0.5) is 0 Å². The van der Waals surface area contributed by atoms with Crippen LogP contribution in [-0.2, 0) is 0 Å². The summed E-state index contributed by atoms with van der Waals surface area (Å²) in [5.41, 5.74) is 0. The summed E-state index contributed by atoms with van der Waals surface area (Å²) in [5, 5.41) is 0. The summed E-state index contributed by atoms with van der Waals surface area (Å²) in [6.45, 7) is 0. The van der Waals surface area contributed by atoms with Gasteiger partial charge in [0.1, 0.15) is 0 Å². The Labute approximate surface area is 128 Å². The molecule has 0 fully saturated rings. The molecule has 0 saturated heterocycles. The van der Waals surface area contributed by atoms with Gasteiger partial charge in [-0.3, -0.25) is 0 Å². The van der Waals surface area contributed by atoms with E-state index < -0.39 is 0 Å². The van der Waals surface area contributed by atoms with Crippen molar-refractivity contribution in [2.45, 2.75) is 0 Å². The van der Waals surface area contributed by atoms with Gasteiger partial charge in [-0.15, -0.1) is 0 Å². The molecule has 0 heterocycles. The minimum absolute atomic E-state index is 0. The zero-order valence-electron chi connectivity index (χ0n) is 2.12. The summed E-state index contributed by atoms with van der Waals surface area (Å²) in [7, 11) is 0. The average molecular weight is 527 g/mol. The molecular formula is Pm2Se3-6. The van der Waals surface area contributed by atoms with E-state index in [4.69, 9.17) is 0 Å². The molecular weight excluding hydrogens is 527 g/mol. The van der Waals surface area contributed by atoms with Crippen molar-refractivity contribution < 1.29 is 80.8 Å². The molecule has 0 rings (SSSR count). The predicted octanol–water partition coefficient (Wildman–Crippen LogP) is -1.14. The summed E-state index contributed by atoms with van der Waals surface area (Å²) < 4.78 is 0. The van der Waals surface area contributed by atoms with Gasteiger partial charge in [0.15, 0.2) is 0 Å². The van der Waals surface area contributed by atoms with Crippen LogP contribution in [0.5, 0.6) is 0 Å². The van der Waals surface area contributed by atoms with Crippen molar-refractivity contribution in [3.05, 3.63) is 0 Å². The maximum Gasteiger partial charge on any atom is 0 e. The van der Waals surface area contributed by atoms with E-state index >= 15 is 0 Å². The second kappa shape index (κ2) is 24.0. The third-order valence-electron chi connectivity index (χ3n) is 0. The van der Waals surface area contributed by atoms with Gasteiger partial charge in [0.2, 0.25) is 0 Å². The normalized spacial score (nSPS) is 0. The fourth-order valence-corrected chi connectivity index (χ4v) is 0. The van der Waals surface area contributed by atoms with E-state index in [1.807, 2.05) is 0 Å². The van der Waals surface area contributed by atoms with Crippen LogP contribution < -0.4 is 0 Å². The smallest absolute Gasteiger partial charge is 0 e. The molecule has 0 saturated carbocycles. The van der Waals surface area contributed by atoms with Gasteiger partial charge in [0.25, 0.3) is 0 Å². The Balaban J connectivity index is 0. The van der Waals surface area contributed by atoms with Crippen molar-refractivity contribution in [1.29, 1.82) is 0 Å². The van der Waals surface area contributed by atoms with Gasteiger partial charge in [-0.1, -0.05) is 0 Å².